The highest BCUT2D eigenvalue weighted by molar-refractivity contribution is 7.92. The zero-order chi connectivity index (χ0) is 23.1. The molecule has 1 atom stereocenters. The summed E-state index contributed by atoms with van der Waals surface area (Å²) in [5, 5.41) is 3.69. The van der Waals surface area contributed by atoms with Gasteiger partial charge in [-0.2, -0.15) is 0 Å². The lowest BCUT2D eigenvalue weighted by molar-refractivity contribution is -0.120. The van der Waals surface area contributed by atoms with Crippen molar-refractivity contribution >= 4 is 44.8 Å². The molecule has 168 valence electrons. The molecule has 5 nitrogen and oxygen atoms in total. The van der Waals surface area contributed by atoms with Gasteiger partial charge in [0.05, 0.1) is 10.6 Å². The first-order valence-electron chi connectivity index (χ1n) is 10.1. The summed E-state index contributed by atoms with van der Waals surface area (Å²) in [6.45, 7) is 1.53. The summed E-state index contributed by atoms with van der Waals surface area (Å²) in [7, 11) is -4.02. The van der Waals surface area contributed by atoms with Crippen LogP contribution in [0.25, 0.3) is 0 Å². The van der Waals surface area contributed by atoms with Gasteiger partial charge in [-0.3, -0.25) is 9.10 Å². The van der Waals surface area contributed by atoms with Crippen molar-refractivity contribution in [3.63, 3.8) is 0 Å². The van der Waals surface area contributed by atoms with Gasteiger partial charge in [0.25, 0.3) is 10.0 Å². The van der Waals surface area contributed by atoms with E-state index in [1.165, 1.54) is 35.9 Å². The Balaban J connectivity index is 1.76. The van der Waals surface area contributed by atoms with E-state index < -0.39 is 15.9 Å². The van der Waals surface area contributed by atoms with Crippen LogP contribution in [0.1, 0.15) is 18.9 Å². The number of sulfonamides is 1. The molecule has 3 aromatic carbocycles. The minimum absolute atomic E-state index is 0.0341. The Morgan fingerprint density at radius 2 is 1.62 bits per heavy atom. The number of hydrogen-bond acceptors (Lipinski definition) is 3. The summed E-state index contributed by atoms with van der Waals surface area (Å²) in [6.07, 6.45) is 1.54. The van der Waals surface area contributed by atoms with E-state index in [9.17, 15) is 13.2 Å². The van der Waals surface area contributed by atoms with Crippen molar-refractivity contribution in [2.45, 2.75) is 30.7 Å². The van der Waals surface area contributed by atoms with E-state index in [4.69, 9.17) is 23.2 Å². The fourth-order valence-corrected chi connectivity index (χ4v) is 4.95. The molecule has 0 saturated heterocycles. The van der Waals surface area contributed by atoms with E-state index in [0.717, 1.165) is 17.1 Å². The summed E-state index contributed by atoms with van der Waals surface area (Å²) in [6, 6.07) is 22.1. The highest BCUT2D eigenvalue weighted by Gasteiger charge is 2.27. The zero-order valence-electron chi connectivity index (χ0n) is 17.5. The molecule has 0 bridgehead atoms. The quantitative estimate of drug-likeness (QED) is 0.440. The number of carbonyl (C=O) groups is 1. The van der Waals surface area contributed by atoms with Crippen LogP contribution in [0.3, 0.4) is 0 Å². The Morgan fingerprint density at radius 1 is 0.938 bits per heavy atom. The number of anilines is 1. The number of nitrogens with one attached hydrogen (secondary N) is 1. The van der Waals surface area contributed by atoms with Crippen molar-refractivity contribution < 1.29 is 13.2 Å². The van der Waals surface area contributed by atoms with Gasteiger partial charge in [-0.05, 0) is 67.8 Å². The SMILES string of the molecule is C[C@H](CCc1ccccc1)NC(=O)CN(c1cccc(Cl)c1)S(=O)(=O)c1ccc(Cl)cc1. The van der Waals surface area contributed by atoms with Gasteiger partial charge in [0.1, 0.15) is 6.54 Å². The molecular formula is C24H24Cl2N2O3S. The average Bonchev–Trinajstić information content (AvgIpc) is 2.77. The first kappa shape index (κ1) is 24.1. The van der Waals surface area contributed by atoms with Gasteiger partial charge < -0.3 is 5.32 Å². The molecule has 3 rings (SSSR count). The molecule has 3 aromatic rings. The summed E-state index contributed by atoms with van der Waals surface area (Å²) >= 11 is 12.0. The van der Waals surface area contributed by atoms with E-state index in [0.29, 0.717) is 15.7 Å². The van der Waals surface area contributed by atoms with Crippen molar-refractivity contribution in [3.8, 4) is 0 Å². The number of nitrogens with zero attached hydrogens (tertiary/aromatic N) is 1. The molecule has 0 saturated carbocycles. The molecule has 32 heavy (non-hydrogen) atoms. The lowest BCUT2D eigenvalue weighted by Gasteiger charge is -2.25. The highest BCUT2D eigenvalue weighted by atomic mass is 35.5. The molecule has 0 aliphatic carbocycles. The van der Waals surface area contributed by atoms with Gasteiger partial charge in [-0.1, -0.05) is 59.6 Å². The fraction of sp³-hybridized carbons (Fsp3) is 0.208. The number of amides is 1. The van der Waals surface area contributed by atoms with Gasteiger partial charge in [0, 0.05) is 16.1 Å². The van der Waals surface area contributed by atoms with Crippen LogP contribution < -0.4 is 9.62 Å². The fourth-order valence-electron chi connectivity index (χ4n) is 3.23. The number of aryl methyl sites for hydroxylation is 1. The maximum Gasteiger partial charge on any atom is 0.264 e. The van der Waals surface area contributed by atoms with E-state index in [1.807, 2.05) is 37.3 Å². The Labute approximate surface area is 199 Å². The second kappa shape index (κ2) is 10.9. The topological polar surface area (TPSA) is 66.5 Å². The molecule has 0 unspecified atom stereocenters. The van der Waals surface area contributed by atoms with E-state index in [1.54, 1.807) is 18.2 Å². The first-order valence-corrected chi connectivity index (χ1v) is 12.3. The van der Waals surface area contributed by atoms with Crippen LogP contribution in [0.4, 0.5) is 5.69 Å². The molecule has 1 N–H and O–H groups in total. The molecule has 1 amide bonds. The van der Waals surface area contributed by atoms with Crippen molar-refractivity contribution in [1.82, 2.24) is 5.32 Å². The van der Waals surface area contributed by atoms with Crippen LogP contribution >= 0.6 is 23.2 Å². The molecule has 8 heteroatoms. The smallest absolute Gasteiger partial charge is 0.264 e. The van der Waals surface area contributed by atoms with Gasteiger partial charge in [-0.25, -0.2) is 8.42 Å². The summed E-state index contributed by atoms with van der Waals surface area (Å²) < 4.78 is 27.8. The van der Waals surface area contributed by atoms with Gasteiger partial charge in [-0.15, -0.1) is 0 Å². The van der Waals surface area contributed by atoms with Crippen LogP contribution in [-0.4, -0.2) is 26.9 Å². The van der Waals surface area contributed by atoms with Crippen molar-refractivity contribution in [3.05, 3.63) is 94.5 Å². The lowest BCUT2D eigenvalue weighted by atomic mass is 10.1. The number of benzene rings is 3. The zero-order valence-corrected chi connectivity index (χ0v) is 19.9. The molecule has 0 aliphatic rings. The maximum absolute atomic E-state index is 13.3. The Morgan fingerprint density at radius 3 is 2.28 bits per heavy atom. The van der Waals surface area contributed by atoms with E-state index in [2.05, 4.69) is 5.32 Å². The van der Waals surface area contributed by atoms with Crippen molar-refractivity contribution in [1.29, 1.82) is 0 Å². The number of hydrogen-bond donors (Lipinski definition) is 1. The normalized spacial score (nSPS) is 12.2. The number of halogens is 2. The van der Waals surface area contributed by atoms with Gasteiger partial charge >= 0.3 is 0 Å². The monoisotopic (exact) mass is 490 g/mol. The third-order valence-corrected chi connectivity index (χ3v) is 7.18. The number of carbonyl (C=O) groups excluding carboxylic acids is 1. The number of rotatable bonds is 9. The predicted octanol–water partition coefficient (Wildman–Crippen LogP) is 5.33. The average molecular weight is 491 g/mol. The molecular weight excluding hydrogens is 467 g/mol. The molecule has 0 heterocycles. The van der Waals surface area contributed by atoms with Crippen LogP contribution in [0.15, 0.2) is 83.8 Å². The van der Waals surface area contributed by atoms with E-state index in [-0.39, 0.29) is 17.5 Å². The lowest BCUT2D eigenvalue weighted by Crippen LogP contribution is -2.43. The summed E-state index contributed by atoms with van der Waals surface area (Å²) in [5.74, 6) is -0.400. The third kappa shape index (κ3) is 6.48. The van der Waals surface area contributed by atoms with Crippen molar-refractivity contribution in [2.24, 2.45) is 0 Å². The maximum atomic E-state index is 13.3. The largest absolute Gasteiger partial charge is 0.352 e. The standard InChI is InChI=1S/C24H24Cl2N2O3S/c1-18(10-11-19-6-3-2-4-7-19)27-24(29)17-28(22-9-5-8-21(26)16-22)32(30,31)23-14-12-20(25)13-15-23/h2-9,12-16,18H,10-11,17H2,1H3,(H,27,29)/t18-/m1/s1. The van der Waals surface area contributed by atoms with Gasteiger partial charge in [0.2, 0.25) is 5.91 Å². The van der Waals surface area contributed by atoms with Crippen LogP contribution in [0, 0.1) is 0 Å². The summed E-state index contributed by atoms with van der Waals surface area (Å²) in [4.78, 5) is 12.8. The minimum atomic E-state index is -4.02. The molecule has 0 aromatic heterocycles. The second-order valence-electron chi connectivity index (χ2n) is 7.44. The molecule has 0 aliphatic heterocycles. The van der Waals surface area contributed by atoms with Gasteiger partial charge in [0.15, 0.2) is 0 Å². The third-order valence-electron chi connectivity index (χ3n) is 4.90. The second-order valence-corrected chi connectivity index (χ2v) is 10.2. The van der Waals surface area contributed by atoms with E-state index >= 15 is 0 Å². The Kier molecular flexibility index (Phi) is 8.18. The Bertz CT molecular complexity index is 1150. The minimum Gasteiger partial charge on any atom is -0.352 e. The molecule has 0 radical (unpaired) electrons. The van der Waals surface area contributed by atoms with Crippen molar-refractivity contribution in [2.75, 3.05) is 10.8 Å². The van der Waals surface area contributed by atoms with Crippen LogP contribution in [-0.2, 0) is 21.2 Å². The van der Waals surface area contributed by atoms with Crippen LogP contribution in [0.2, 0.25) is 10.0 Å². The van der Waals surface area contributed by atoms with Crippen LogP contribution in [0.5, 0.6) is 0 Å². The summed E-state index contributed by atoms with van der Waals surface area (Å²) in [5.41, 5.74) is 1.49. The molecule has 0 spiro atoms. The predicted molar refractivity (Wildman–Crippen MR) is 130 cm³/mol. The highest BCUT2D eigenvalue weighted by Crippen LogP contribution is 2.26. The molecule has 0 fully saturated rings. The Hall–Kier alpha value is -2.54. The first-order chi connectivity index (χ1) is 15.3.